The molecule has 0 aliphatic heterocycles. The third kappa shape index (κ3) is 4.61. The van der Waals surface area contributed by atoms with E-state index in [9.17, 15) is 17.6 Å². The largest absolute Gasteiger partial charge is 0.147 e. The molecule has 2 atom stereocenters. The summed E-state index contributed by atoms with van der Waals surface area (Å²) in [5, 5.41) is 0. The Bertz CT molecular complexity index is 1290. The van der Waals surface area contributed by atoms with E-state index in [0.717, 1.165) is 17.2 Å². The van der Waals surface area contributed by atoms with Crippen molar-refractivity contribution in [2.75, 3.05) is 0 Å². The van der Waals surface area contributed by atoms with Crippen LogP contribution in [-0.4, -0.2) is 5.43 Å². The smallest absolute Gasteiger partial charge is 0.147 e. The van der Waals surface area contributed by atoms with Crippen molar-refractivity contribution in [1.82, 2.24) is 0 Å². The van der Waals surface area contributed by atoms with E-state index in [-0.39, 0.29) is 34.0 Å². The molecule has 0 bridgehead atoms. The fourth-order valence-electron chi connectivity index (χ4n) is 5.15. The van der Waals surface area contributed by atoms with Crippen molar-refractivity contribution in [3.8, 4) is 0 Å². The van der Waals surface area contributed by atoms with Gasteiger partial charge in [-0.1, -0.05) is 0 Å². The van der Waals surface area contributed by atoms with Crippen molar-refractivity contribution < 1.29 is 37.9 Å². The Morgan fingerprint density at radius 1 is 0.824 bits per heavy atom. The molecule has 2 aliphatic carbocycles. The van der Waals surface area contributed by atoms with Crippen LogP contribution in [-0.2, 0) is 20.4 Å². The Hall–Kier alpha value is -0.940. The van der Waals surface area contributed by atoms with Gasteiger partial charge in [0.2, 0.25) is 0 Å². The van der Waals surface area contributed by atoms with Gasteiger partial charge in [0.25, 0.3) is 0 Å². The Morgan fingerprint density at radius 2 is 1.44 bits per heavy atom. The van der Waals surface area contributed by atoms with E-state index in [1.165, 1.54) is 16.7 Å². The molecule has 2 aromatic rings. The molecular formula is C26H28Cl2F4SiZr. The summed E-state index contributed by atoms with van der Waals surface area (Å²) in [5.74, 6) is -5.81. The molecule has 4 rings (SSSR count). The van der Waals surface area contributed by atoms with Crippen molar-refractivity contribution in [1.29, 1.82) is 0 Å². The summed E-state index contributed by atoms with van der Waals surface area (Å²) in [6.45, 7) is 13.6. The maximum absolute atomic E-state index is 14.8. The summed E-state index contributed by atoms with van der Waals surface area (Å²) < 4.78 is 58.3. The van der Waals surface area contributed by atoms with Crippen LogP contribution in [0, 0.1) is 29.2 Å². The molecule has 0 N–H and O–H groups in total. The van der Waals surface area contributed by atoms with E-state index >= 15 is 0 Å². The van der Waals surface area contributed by atoms with Gasteiger partial charge in [0.1, 0.15) is 0 Å². The summed E-state index contributed by atoms with van der Waals surface area (Å²) in [5.41, 5.74) is 5.73. The average molecular weight is 607 g/mol. The molecule has 0 heterocycles. The van der Waals surface area contributed by atoms with E-state index in [2.05, 4.69) is 46.9 Å². The van der Waals surface area contributed by atoms with Gasteiger partial charge in [0.15, 0.2) is 0 Å². The van der Waals surface area contributed by atoms with Crippen LogP contribution >= 0.6 is 24.8 Å². The molecule has 34 heavy (non-hydrogen) atoms. The quantitative estimate of drug-likeness (QED) is 0.142. The summed E-state index contributed by atoms with van der Waals surface area (Å²) >= 11 is -2.33. The molecule has 0 saturated heterocycles. The van der Waals surface area contributed by atoms with Gasteiger partial charge in [-0.3, -0.25) is 0 Å². The first-order chi connectivity index (χ1) is 15.1. The van der Waals surface area contributed by atoms with Gasteiger partial charge < -0.3 is 0 Å². The monoisotopic (exact) mass is 604 g/mol. The molecule has 0 amide bonds. The van der Waals surface area contributed by atoms with Crippen LogP contribution in [0.2, 0.25) is 13.1 Å². The number of halogens is 6. The van der Waals surface area contributed by atoms with Gasteiger partial charge in [-0.05, 0) is 0 Å². The number of rotatable bonds is 3. The van der Waals surface area contributed by atoms with Crippen LogP contribution < -0.4 is 0 Å². The standard InChI is InChI=1S/C15H7F4.C9H13.C2H6Si.2ClH.Zr/c16-12-7-11(13(17)15(19)14(12)18)10-6-5-8-3-1-2-4-9(8)10;1-6-5-7(2)9(4)8(6)3;1-3-2;;;/h1-7H;6H,1-4H3;1-2H3;2*1H;. The zero-order valence-corrected chi connectivity index (χ0v) is 25.0. The average Bonchev–Trinajstić information content (AvgIpc) is 3.22. The second-order valence-electron chi connectivity index (χ2n) is 8.98. The van der Waals surface area contributed by atoms with Gasteiger partial charge >= 0.3 is 196 Å². The molecule has 2 unspecified atom stereocenters. The van der Waals surface area contributed by atoms with E-state index in [0.29, 0.717) is 11.5 Å². The van der Waals surface area contributed by atoms with Crippen LogP contribution in [0.5, 0.6) is 0 Å². The molecule has 0 radical (unpaired) electrons. The van der Waals surface area contributed by atoms with Crippen LogP contribution in [0.25, 0.3) is 5.57 Å². The van der Waals surface area contributed by atoms with Gasteiger partial charge in [-0.25, -0.2) is 0 Å². The Balaban J connectivity index is 0.00000204. The molecule has 0 spiro atoms. The third-order valence-corrected chi connectivity index (χ3v) is 25.7. The molecule has 0 saturated carbocycles. The Morgan fingerprint density at radius 3 is 2.00 bits per heavy atom. The van der Waals surface area contributed by atoms with Gasteiger partial charge in [-0.15, -0.1) is 24.8 Å². The van der Waals surface area contributed by atoms with Crippen LogP contribution in [0.1, 0.15) is 48.0 Å². The maximum Gasteiger partial charge on any atom is -0.147 e. The minimum atomic E-state index is -2.33. The number of fused-ring (bicyclic) bond motifs is 1. The van der Waals surface area contributed by atoms with Gasteiger partial charge in [-0.2, -0.15) is 0 Å². The first-order valence-corrected chi connectivity index (χ1v) is 19.6. The number of hydrogen-bond donors (Lipinski definition) is 0. The van der Waals surface area contributed by atoms with E-state index < -0.39 is 49.1 Å². The molecule has 0 fully saturated rings. The minimum Gasteiger partial charge on any atom is -0.147 e. The molecular weight excluding hydrogens is 578 g/mol. The first kappa shape index (κ1) is 29.3. The third-order valence-electron chi connectivity index (χ3n) is 7.09. The SMILES string of the molecule is CC1=C(C)C(C)[C]([Zr]([CH]2C=C(c3cc(F)c(F)c(F)c3F)c3ccccc32)=[Si](C)C)=C1C.Cl.Cl. The fourth-order valence-corrected chi connectivity index (χ4v) is 24.8. The van der Waals surface area contributed by atoms with Gasteiger partial charge in [0, 0.05) is 0 Å². The molecule has 0 aromatic heterocycles. The topological polar surface area (TPSA) is 0 Å². The van der Waals surface area contributed by atoms with E-state index in [4.69, 9.17) is 0 Å². The zero-order valence-electron chi connectivity index (χ0n) is 19.9. The number of benzene rings is 2. The maximum atomic E-state index is 14.8. The predicted octanol–water partition coefficient (Wildman–Crippen LogP) is 8.70. The number of hydrogen-bond acceptors (Lipinski definition) is 0. The van der Waals surface area contributed by atoms with Crippen molar-refractivity contribution in [2.24, 2.45) is 5.92 Å². The van der Waals surface area contributed by atoms with Crippen molar-refractivity contribution in [3.63, 3.8) is 0 Å². The first-order valence-electron chi connectivity index (χ1n) is 10.8. The summed E-state index contributed by atoms with van der Waals surface area (Å²) in [6, 6.07) is 8.56. The molecule has 2 aromatic carbocycles. The molecule has 0 nitrogen and oxygen atoms in total. The Kier molecular flexibility index (Phi) is 9.46. The summed E-state index contributed by atoms with van der Waals surface area (Å²) in [7, 11) is 0. The summed E-state index contributed by atoms with van der Waals surface area (Å²) in [4.78, 5) is 0. The van der Waals surface area contributed by atoms with Crippen LogP contribution in [0.3, 0.4) is 0 Å². The summed E-state index contributed by atoms with van der Waals surface area (Å²) in [6.07, 6.45) is 2.03. The van der Waals surface area contributed by atoms with E-state index in [1.54, 1.807) is 3.28 Å². The van der Waals surface area contributed by atoms with Crippen molar-refractivity contribution in [2.45, 2.75) is 44.4 Å². The van der Waals surface area contributed by atoms with Gasteiger partial charge in [0.05, 0.1) is 0 Å². The molecule has 2 aliphatic rings. The zero-order chi connectivity index (χ0) is 23.5. The second kappa shape index (κ2) is 11.0. The van der Waals surface area contributed by atoms with Crippen LogP contribution in [0.4, 0.5) is 17.6 Å². The van der Waals surface area contributed by atoms with Crippen molar-refractivity contribution in [3.05, 3.63) is 96.4 Å². The normalized spacial score (nSPS) is 18.9. The van der Waals surface area contributed by atoms with Crippen molar-refractivity contribution >= 4 is 35.8 Å². The Labute approximate surface area is 219 Å². The molecule has 182 valence electrons. The van der Waals surface area contributed by atoms with E-state index in [1.807, 2.05) is 24.3 Å². The minimum absolute atomic E-state index is 0. The second-order valence-corrected chi connectivity index (χ2v) is 26.4. The fraction of sp³-hybridized carbons (Fsp3) is 0.308. The molecule has 8 heteroatoms. The van der Waals surface area contributed by atoms with Crippen LogP contribution in [0.15, 0.2) is 56.4 Å². The predicted molar refractivity (Wildman–Crippen MR) is 135 cm³/mol. The number of allylic oxidation sites excluding steroid dienone is 5.